The first kappa shape index (κ1) is 14.4. The zero-order valence-electron chi connectivity index (χ0n) is 9.98. The topological polar surface area (TPSA) is 29.1 Å². The number of halogens is 2. The molecule has 1 heterocycles. The molecule has 2 rings (SSSR count). The summed E-state index contributed by atoms with van der Waals surface area (Å²) in [4.78, 5) is 13.5. The maximum atomic E-state index is 13.6. The highest BCUT2D eigenvalue weighted by molar-refractivity contribution is 7.80. The van der Waals surface area contributed by atoms with E-state index in [0.29, 0.717) is 9.23 Å². The molecule has 1 aromatic heterocycles. The van der Waals surface area contributed by atoms with Gasteiger partial charge in [0.15, 0.2) is 0 Å². The van der Waals surface area contributed by atoms with Crippen LogP contribution in [-0.2, 0) is 0 Å². The molecule has 0 saturated heterocycles. The Labute approximate surface area is 125 Å². The molecule has 0 spiro atoms. The zero-order valence-corrected chi connectivity index (χ0v) is 12.5. The van der Waals surface area contributed by atoms with E-state index in [-0.39, 0.29) is 11.6 Å². The van der Waals surface area contributed by atoms with Crippen molar-refractivity contribution in [1.29, 1.82) is 0 Å². The summed E-state index contributed by atoms with van der Waals surface area (Å²) in [5, 5.41) is 2.73. The number of benzene rings is 1. The van der Waals surface area contributed by atoms with E-state index in [0.717, 1.165) is 4.88 Å². The number of rotatable bonds is 3. The van der Waals surface area contributed by atoms with Gasteiger partial charge in [-0.2, -0.15) is 0 Å². The minimum atomic E-state index is -0.563. The predicted molar refractivity (Wildman–Crippen MR) is 78.9 cm³/mol. The SMILES string of the molecule is CC(NC(=O)c1cc(S)ccc1F)c1ccc(Cl)s1. The lowest BCUT2D eigenvalue weighted by Crippen LogP contribution is -2.27. The van der Waals surface area contributed by atoms with Gasteiger partial charge in [-0.05, 0) is 37.3 Å². The molecule has 2 nitrogen and oxygen atoms in total. The third-order valence-corrected chi connectivity index (χ3v) is 4.25. The van der Waals surface area contributed by atoms with Gasteiger partial charge in [-0.15, -0.1) is 24.0 Å². The summed E-state index contributed by atoms with van der Waals surface area (Å²) in [6, 6.07) is 7.50. The van der Waals surface area contributed by atoms with E-state index in [1.54, 1.807) is 6.07 Å². The van der Waals surface area contributed by atoms with Crippen molar-refractivity contribution in [2.45, 2.75) is 17.9 Å². The molecule has 0 aliphatic rings. The molecule has 1 N–H and O–H groups in total. The molecule has 100 valence electrons. The molecule has 0 bridgehead atoms. The molecule has 19 heavy (non-hydrogen) atoms. The molecule has 0 aliphatic heterocycles. The van der Waals surface area contributed by atoms with Gasteiger partial charge in [-0.25, -0.2) is 4.39 Å². The molecule has 1 amide bonds. The molecule has 0 aliphatic carbocycles. The third kappa shape index (κ3) is 3.49. The monoisotopic (exact) mass is 315 g/mol. The van der Waals surface area contributed by atoms with Crippen LogP contribution in [0.1, 0.15) is 28.2 Å². The Balaban J connectivity index is 2.15. The maximum absolute atomic E-state index is 13.6. The molecule has 1 unspecified atom stereocenters. The smallest absolute Gasteiger partial charge is 0.254 e. The lowest BCUT2D eigenvalue weighted by molar-refractivity contribution is 0.0936. The van der Waals surface area contributed by atoms with E-state index >= 15 is 0 Å². The fourth-order valence-corrected chi connectivity index (χ4v) is 2.86. The number of carbonyl (C=O) groups excluding carboxylic acids is 1. The highest BCUT2D eigenvalue weighted by atomic mass is 35.5. The number of amides is 1. The van der Waals surface area contributed by atoms with Gasteiger partial charge >= 0.3 is 0 Å². The average Bonchev–Trinajstić information content (AvgIpc) is 2.79. The van der Waals surface area contributed by atoms with Gasteiger partial charge in [0.05, 0.1) is 15.9 Å². The quantitative estimate of drug-likeness (QED) is 0.811. The first-order valence-corrected chi connectivity index (χ1v) is 7.16. The maximum Gasteiger partial charge on any atom is 0.254 e. The van der Waals surface area contributed by atoms with Crippen molar-refractivity contribution in [3.05, 3.63) is 50.9 Å². The number of nitrogens with one attached hydrogen (secondary N) is 1. The predicted octanol–water partition coefficient (Wildman–Crippen LogP) is 4.32. The Morgan fingerprint density at radius 2 is 2.16 bits per heavy atom. The van der Waals surface area contributed by atoms with E-state index in [1.165, 1.54) is 29.5 Å². The highest BCUT2D eigenvalue weighted by Crippen LogP contribution is 2.27. The number of thiophene rings is 1. The Morgan fingerprint density at radius 1 is 1.42 bits per heavy atom. The molecule has 1 atom stereocenters. The van der Waals surface area contributed by atoms with Crippen molar-refractivity contribution in [2.75, 3.05) is 0 Å². The van der Waals surface area contributed by atoms with Crippen molar-refractivity contribution < 1.29 is 9.18 Å². The van der Waals surface area contributed by atoms with Gasteiger partial charge in [0.1, 0.15) is 5.82 Å². The summed E-state index contributed by atoms with van der Waals surface area (Å²) >= 11 is 11.3. The third-order valence-electron chi connectivity index (χ3n) is 2.56. The van der Waals surface area contributed by atoms with Crippen LogP contribution in [0.15, 0.2) is 35.2 Å². The molecular weight excluding hydrogens is 305 g/mol. The van der Waals surface area contributed by atoms with Gasteiger partial charge in [0.2, 0.25) is 0 Å². The normalized spacial score (nSPS) is 12.2. The zero-order chi connectivity index (χ0) is 14.0. The lowest BCUT2D eigenvalue weighted by Gasteiger charge is -2.12. The van der Waals surface area contributed by atoms with Crippen LogP contribution in [-0.4, -0.2) is 5.91 Å². The number of thiol groups is 1. The van der Waals surface area contributed by atoms with Crippen LogP contribution < -0.4 is 5.32 Å². The van der Waals surface area contributed by atoms with Crippen LogP contribution in [0.25, 0.3) is 0 Å². The standard InChI is InChI=1S/C13H11ClFNOS2/c1-7(11-4-5-12(14)19-11)16-13(17)9-6-8(18)2-3-10(9)15/h2-7,18H,1H3,(H,16,17). The highest BCUT2D eigenvalue weighted by Gasteiger charge is 2.16. The Bertz CT molecular complexity index is 614. The van der Waals surface area contributed by atoms with E-state index in [4.69, 9.17) is 11.6 Å². The van der Waals surface area contributed by atoms with Crippen LogP contribution in [0.2, 0.25) is 4.34 Å². The molecular formula is C13H11ClFNOS2. The van der Waals surface area contributed by atoms with E-state index < -0.39 is 11.7 Å². The van der Waals surface area contributed by atoms with E-state index in [9.17, 15) is 9.18 Å². The van der Waals surface area contributed by atoms with Crippen LogP contribution in [0, 0.1) is 5.82 Å². The van der Waals surface area contributed by atoms with Crippen LogP contribution in [0.4, 0.5) is 4.39 Å². The van der Waals surface area contributed by atoms with Crippen LogP contribution >= 0.6 is 35.6 Å². The van der Waals surface area contributed by atoms with Gasteiger partial charge in [-0.1, -0.05) is 11.6 Å². The molecule has 6 heteroatoms. The Morgan fingerprint density at radius 3 is 2.79 bits per heavy atom. The van der Waals surface area contributed by atoms with Crippen molar-refractivity contribution in [2.24, 2.45) is 0 Å². The molecule has 2 aromatic rings. The van der Waals surface area contributed by atoms with Crippen molar-refractivity contribution in [3.63, 3.8) is 0 Å². The Hall–Kier alpha value is -1.04. The molecule has 0 radical (unpaired) electrons. The fourth-order valence-electron chi connectivity index (χ4n) is 1.59. The first-order valence-electron chi connectivity index (χ1n) is 5.52. The largest absolute Gasteiger partial charge is 0.345 e. The first-order chi connectivity index (χ1) is 8.97. The number of carbonyl (C=O) groups is 1. The minimum Gasteiger partial charge on any atom is -0.345 e. The van der Waals surface area contributed by atoms with Crippen LogP contribution in [0.5, 0.6) is 0 Å². The second kappa shape index (κ2) is 5.94. The van der Waals surface area contributed by atoms with E-state index in [2.05, 4.69) is 17.9 Å². The molecule has 0 fully saturated rings. The van der Waals surface area contributed by atoms with Crippen molar-refractivity contribution >= 4 is 41.5 Å². The minimum absolute atomic E-state index is 0.0120. The van der Waals surface area contributed by atoms with Gasteiger partial charge < -0.3 is 5.32 Å². The molecule has 0 saturated carbocycles. The van der Waals surface area contributed by atoms with Crippen LogP contribution in [0.3, 0.4) is 0 Å². The average molecular weight is 316 g/mol. The van der Waals surface area contributed by atoms with Crippen molar-refractivity contribution in [3.8, 4) is 0 Å². The second-order valence-electron chi connectivity index (χ2n) is 4.00. The summed E-state index contributed by atoms with van der Waals surface area (Å²) < 4.78 is 14.2. The number of hydrogen-bond acceptors (Lipinski definition) is 3. The summed E-state index contributed by atoms with van der Waals surface area (Å²) in [6.07, 6.45) is 0. The van der Waals surface area contributed by atoms with Gasteiger partial charge in [0.25, 0.3) is 5.91 Å². The summed E-state index contributed by atoms with van der Waals surface area (Å²) in [7, 11) is 0. The second-order valence-corrected chi connectivity index (χ2v) is 6.26. The van der Waals surface area contributed by atoms with E-state index in [1.807, 2.05) is 13.0 Å². The number of hydrogen-bond donors (Lipinski definition) is 2. The van der Waals surface area contributed by atoms with Crippen molar-refractivity contribution in [1.82, 2.24) is 5.32 Å². The van der Waals surface area contributed by atoms with Gasteiger partial charge in [-0.3, -0.25) is 4.79 Å². The van der Waals surface area contributed by atoms with Gasteiger partial charge in [0, 0.05) is 9.77 Å². The summed E-state index contributed by atoms with van der Waals surface area (Å²) in [6.45, 7) is 1.82. The molecule has 1 aromatic carbocycles. The lowest BCUT2D eigenvalue weighted by atomic mass is 10.2. The fraction of sp³-hybridized carbons (Fsp3) is 0.154. The Kier molecular flexibility index (Phi) is 4.50. The summed E-state index contributed by atoms with van der Waals surface area (Å²) in [5.41, 5.74) is -0.0120. The summed E-state index contributed by atoms with van der Waals surface area (Å²) in [5.74, 6) is -1.03.